The number of carbonyl (C=O) groups excluding carboxylic acids is 1. The Balaban J connectivity index is 1.52. The fourth-order valence-electron chi connectivity index (χ4n) is 4.91. The van der Waals surface area contributed by atoms with Gasteiger partial charge in [0, 0.05) is 6.08 Å². The third-order valence-electron chi connectivity index (χ3n) is 7.47. The summed E-state index contributed by atoms with van der Waals surface area (Å²) in [6.07, 6.45) is -12.3. The van der Waals surface area contributed by atoms with Gasteiger partial charge in [0.15, 0.2) is 41.7 Å². The van der Waals surface area contributed by atoms with E-state index in [1.54, 1.807) is 6.07 Å². The second-order valence-corrected chi connectivity index (χ2v) is 10.6. The molecule has 0 radical (unpaired) electrons. The molecule has 45 heavy (non-hydrogen) atoms. The first kappa shape index (κ1) is 34.4. The molecule has 4 rings (SSSR count). The third kappa shape index (κ3) is 8.21. The van der Waals surface area contributed by atoms with Crippen molar-refractivity contribution in [3.8, 4) is 23.0 Å². The third-order valence-corrected chi connectivity index (χ3v) is 7.47. The second kappa shape index (κ2) is 15.2. The Hall–Kier alpha value is -3.51. The molecule has 0 saturated carbocycles. The van der Waals surface area contributed by atoms with Crippen LogP contribution >= 0.6 is 0 Å². The minimum atomic E-state index is -1.76. The number of phenols is 3. The molecule has 0 aromatic heterocycles. The van der Waals surface area contributed by atoms with E-state index in [-0.39, 0.29) is 36.0 Å². The molecule has 0 unspecified atom stereocenters. The lowest BCUT2D eigenvalue weighted by Crippen LogP contribution is -2.65. The Bertz CT molecular complexity index is 1320. The number of methoxy groups -OCH3 is 1. The van der Waals surface area contributed by atoms with E-state index >= 15 is 0 Å². The van der Waals surface area contributed by atoms with Gasteiger partial charge in [-0.25, -0.2) is 4.79 Å². The summed E-state index contributed by atoms with van der Waals surface area (Å²) in [5.74, 6) is -1.49. The van der Waals surface area contributed by atoms with Crippen molar-refractivity contribution in [3.05, 3.63) is 53.6 Å². The number of carbonyl (C=O) groups is 1. The number of aliphatic hydroxyl groups is 5. The topological polar surface area (TPSA) is 234 Å². The standard InChI is InChI=1S/C30H38O15/c1-14-23(36)24(37)25(38)30(42-14)45-28-26(39)29(41-10-9-16-3-6-17(32)19(34)11-16)43-21(13-31)27(28)44-22(35)8-5-15-4-7-18(33)20(12-15)40-2/h3-8,11-12,14,21,23-34,36-39H,9-10,13H2,1-2H3/b8-5+/t14-,21+,23-,24+,25+,26+,27+,28+,29+,30-/m0/s1. The zero-order valence-corrected chi connectivity index (χ0v) is 24.4. The Kier molecular flexibility index (Phi) is 11.6. The van der Waals surface area contributed by atoms with Crippen molar-refractivity contribution < 1.29 is 74.1 Å². The molecule has 0 amide bonds. The first-order chi connectivity index (χ1) is 21.4. The number of rotatable bonds is 11. The minimum absolute atomic E-state index is 0.0649. The van der Waals surface area contributed by atoms with Crippen LogP contribution in [0.5, 0.6) is 23.0 Å². The number of benzene rings is 2. The van der Waals surface area contributed by atoms with E-state index in [4.69, 9.17) is 28.4 Å². The first-order valence-corrected chi connectivity index (χ1v) is 14.1. The molecule has 2 saturated heterocycles. The maximum atomic E-state index is 12.9. The van der Waals surface area contributed by atoms with Crippen LogP contribution in [0.15, 0.2) is 42.5 Å². The fraction of sp³-hybridized carbons (Fsp3) is 0.500. The average Bonchev–Trinajstić information content (AvgIpc) is 3.02. The molecule has 2 aromatic carbocycles. The molecule has 0 aliphatic carbocycles. The van der Waals surface area contributed by atoms with Crippen LogP contribution in [0, 0.1) is 0 Å². The second-order valence-electron chi connectivity index (χ2n) is 10.6. The molecular weight excluding hydrogens is 600 g/mol. The highest BCUT2D eigenvalue weighted by Gasteiger charge is 2.52. The van der Waals surface area contributed by atoms with E-state index in [1.807, 2.05) is 0 Å². The van der Waals surface area contributed by atoms with Crippen molar-refractivity contribution in [1.82, 2.24) is 0 Å². The van der Waals surface area contributed by atoms with Crippen LogP contribution in [-0.4, -0.2) is 129 Å². The SMILES string of the molecule is COc1cc(/C=C/C(=O)O[C@H]2[C@H](O[C@@H]3O[C@@H](C)[C@H](O)[C@@H](O)[C@H]3O)[C@@H](O)[C@H](OCCc3ccc(O)c(O)c3)O[C@@H]2CO)ccc1O. The summed E-state index contributed by atoms with van der Waals surface area (Å²) in [5.41, 5.74) is 1.07. The van der Waals surface area contributed by atoms with Gasteiger partial charge in [-0.2, -0.15) is 0 Å². The van der Waals surface area contributed by atoms with Gasteiger partial charge in [0.1, 0.15) is 36.6 Å². The molecule has 8 N–H and O–H groups in total. The Morgan fingerprint density at radius 1 is 0.867 bits per heavy atom. The van der Waals surface area contributed by atoms with Crippen molar-refractivity contribution in [2.45, 2.75) is 74.8 Å². The molecule has 2 heterocycles. The largest absolute Gasteiger partial charge is 0.504 e. The number of aromatic hydroxyl groups is 3. The number of esters is 1. The lowest BCUT2D eigenvalue weighted by atomic mass is 9.97. The maximum Gasteiger partial charge on any atom is 0.331 e. The molecule has 2 fully saturated rings. The molecule has 0 spiro atoms. The lowest BCUT2D eigenvalue weighted by Gasteiger charge is -2.46. The number of hydrogen-bond donors (Lipinski definition) is 8. The molecule has 2 aliphatic rings. The summed E-state index contributed by atoms with van der Waals surface area (Å²) in [5, 5.41) is 81.4. The molecule has 2 aliphatic heterocycles. The smallest absolute Gasteiger partial charge is 0.331 e. The van der Waals surface area contributed by atoms with Gasteiger partial charge in [0.25, 0.3) is 0 Å². The van der Waals surface area contributed by atoms with Crippen molar-refractivity contribution in [2.75, 3.05) is 20.3 Å². The molecular formula is C30H38O15. The highest BCUT2D eigenvalue weighted by Crippen LogP contribution is 2.32. The molecule has 0 bridgehead atoms. The molecule has 15 heteroatoms. The lowest BCUT2D eigenvalue weighted by molar-refractivity contribution is -0.357. The molecule has 10 atom stereocenters. The fourth-order valence-corrected chi connectivity index (χ4v) is 4.91. The highest BCUT2D eigenvalue weighted by molar-refractivity contribution is 5.87. The zero-order chi connectivity index (χ0) is 32.8. The summed E-state index contributed by atoms with van der Waals surface area (Å²) in [6.45, 7) is 0.645. The van der Waals surface area contributed by atoms with Crippen LogP contribution in [0.1, 0.15) is 18.1 Å². The predicted molar refractivity (Wildman–Crippen MR) is 152 cm³/mol. The van der Waals surface area contributed by atoms with Crippen molar-refractivity contribution in [2.24, 2.45) is 0 Å². The van der Waals surface area contributed by atoms with Gasteiger partial charge < -0.3 is 69.3 Å². The van der Waals surface area contributed by atoms with Gasteiger partial charge in [-0.15, -0.1) is 0 Å². The molecule has 248 valence electrons. The summed E-state index contributed by atoms with van der Waals surface area (Å²) in [7, 11) is 1.36. The van der Waals surface area contributed by atoms with Crippen LogP contribution < -0.4 is 4.74 Å². The highest BCUT2D eigenvalue weighted by atomic mass is 16.7. The van der Waals surface area contributed by atoms with Crippen molar-refractivity contribution >= 4 is 12.0 Å². The summed E-state index contributed by atoms with van der Waals surface area (Å²) >= 11 is 0. The quantitative estimate of drug-likeness (QED) is 0.0862. The first-order valence-electron chi connectivity index (χ1n) is 14.1. The molecule has 15 nitrogen and oxygen atoms in total. The van der Waals surface area contributed by atoms with Gasteiger partial charge in [-0.05, 0) is 54.8 Å². The summed E-state index contributed by atoms with van der Waals surface area (Å²) in [6, 6.07) is 8.54. The van der Waals surface area contributed by atoms with Gasteiger partial charge in [0.2, 0.25) is 0 Å². The number of ether oxygens (including phenoxy) is 6. The number of phenolic OH excluding ortho intramolecular Hbond substituents is 3. The van der Waals surface area contributed by atoms with Crippen LogP contribution in [-0.2, 0) is 34.9 Å². The molecule has 2 aromatic rings. The van der Waals surface area contributed by atoms with Gasteiger partial charge in [-0.1, -0.05) is 12.1 Å². The Morgan fingerprint density at radius 2 is 1.60 bits per heavy atom. The van der Waals surface area contributed by atoms with Crippen LogP contribution in [0.2, 0.25) is 0 Å². The Morgan fingerprint density at radius 3 is 2.29 bits per heavy atom. The average molecular weight is 639 g/mol. The Labute approximate surface area is 258 Å². The van der Waals surface area contributed by atoms with E-state index < -0.39 is 74.0 Å². The van der Waals surface area contributed by atoms with Gasteiger partial charge in [0.05, 0.1) is 26.4 Å². The maximum absolute atomic E-state index is 12.9. The van der Waals surface area contributed by atoms with Gasteiger partial charge in [-0.3, -0.25) is 0 Å². The van der Waals surface area contributed by atoms with E-state index in [0.29, 0.717) is 11.1 Å². The van der Waals surface area contributed by atoms with E-state index in [9.17, 15) is 45.6 Å². The monoisotopic (exact) mass is 638 g/mol. The van der Waals surface area contributed by atoms with E-state index in [0.717, 1.165) is 6.08 Å². The number of aliphatic hydroxyl groups excluding tert-OH is 5. The zero-order valence-electron chi connectivity index (χ0n) is 24.4. The summed E-state index contributed by atoms with van der Waals surface area (Å²) in [4.78, 5) is 12.9. The van der Waals surface area contributed by atoms with Crippen molar-refractivity contribution in [3.63, 3.8) is 0 Å². The van der Waals surface area contributed by atoms with Crippen molar-refractivity contribution in [1.29, 1.82) is 0 Å². The van der Waals surface area contributed by atoms with Gasteiger partial charge >= 0.3 is 5.97 Å². The normalized spacial score (nSPS) is 32.0. The van der Waals surface area contributed by atoms with E-state index in [1.165, 1.54) is 50.4 Å². The minimum Gasteiger partial charge on any atom is -0.504 e. The van der Waals surface area contributed by atoms with E-state index in [2.05, 4.69) is 0 Å². The van der Waals surface area contributed by atoms with Crippen LogP contribution in [0.25, 0.3) is 6.08 Å². The van der Waals surface area contributed by atoms with Crippen LogP contribution in [0.4, 0.5) is 0 Å². The summed E-state index contributed by atoms with van der Waals surface area (Å²) < 4.78 is 33.4. The number of hydrogen-bond acceptors (Lipinski definition) is 15. The predicted octanol–water partition coefficient (Wildman–Crippen LogP) is -0.713. The van der Waals surface area contributed by atoms with Crippen LogP contribution in [0.3, 0.4) is 0 Å².